The van der Waals surface area contributed by atoms with Gasteiger partial charge in [0.1, 0.15) is 17.2 Å². The minimum Gasteiger partial charge on any atom is -0.478 e. The van der Waals surface area contributed by atoms with Crippen LogP contribution < -0.4 is 10.1 Å². The van der Waals surface area contributed by atoms with Gasteiger partial charge in [-0.2, -0.15) is 0 Å². The molecule has 0 radical (unpaired) electrons. The number of carbonyl (C=O) groups is 2. The fourth-order valence-corrected chi connectivity index (χ4v) is 3.20. The van der Waals surface area contributed by atoms with Gasteiger partial charge < -0.3 is 14.8 Å². The second kappa shape index (κ2) is 9.30. The fourth-order valence-electron chi connectivity index (χ4n) is 3.20. The quantitative estimate of drug-likeness (QED) is 0.533. The summed E-state index contributed by atoms with van der Waals surface area (Å²) in [5, 5.41) is 3.48. The van der Waals surface area contributed by atoms with E-state index in [4.69, 9.17) is 9.47 Å². The van der Waals surface area contributed by atoms with Crippen LogP contribution in [0.4, 0.5) is 13.6 Å². The largest absolute Gasteiger partial charge is 0.478 e. The van der Waals surface area contributed by atoms with E-state index in [2.05, 4.69) is 10.3 Å². The zero-order valence-electron chi connectivity index (χ0n) is 18.3. The fraction of sp³-hybridized carbons (Fsp3) is 0.292. The van der Waals surface area contributed by atoms with Crippen LogP contribution in [0.2, 0.25) is 0 Å². The monoisotopic (exact) mass is 442 g/mol. The Kier molecular flexibility index (Phi) is 6.72. The van der Waals surface area contributed by atoms with Crippen molar-refractivity contribution in [3.63, 3.8) is 0 Å². The van der Waals surface area contributed by atoms with Crippen molar-refractivity contribution in [2.45, 2.75) is 39.8 Å². The summed E-state index contributed by atoms with van der Waals surface area (Å²) in [5.74, 6) is -2.51. The molecule has 0 aliphatic heterocycles. The molecule has 8 heteroatoms. The molecule has 1 amide bonds. The molecule has 1 aromatic heterocycles. The van der Waals surface area contributed by atoms with Crippen molar-refractivity contribution in [3.05, 3.63) is 70.9 Å². The van der Waals surface area contributed by atoms with Crippen LogP contribution in [0.1, 0.15) is 49.2 Å². The van der Waals surface area contributed by atoms with Crippen molar-refractivity contribution in [1.29, 1.82) is 0 Å². The molecule has 0 saturated carbocycles. The lowest BCUT2D eigenvalue weighted by Crippen LogP contribution is -2.32. The Balaban J connectivity index is 1.90. The van der Waals surface area contributed by atoms with Crippen molar-refractivity contribution in [1.82, 2.24) is 10.3 Å². The first-order chi connectivity index (χ1) is 15.1. The number of nitrogens with zero attached hydrogens (tertiary/aromatic N) is 1. The molecule has 168 valence electrons. The predicted molar refractivity (Wildman–Crippen MR) is 116 cm³/mol. The summed E-state index contributed by atoms with van der Waals surface area (Å²) in [6.45, 7) is 7.13. The second-order valence-corrected chi connectivity index (χ2v) is 8.07. The summed E-state index contributed by atoms with van der Waals surface area (Å²) in [6.07, 6.45) is 0.760. The number of carbonyl (C=O) groups excluding carboxylic acids is 2. The molecule has 2 aromatic carbocycles. The summed E-state index contributed by atoms with van der Waals surface area (Å²) in [7, 11) is 0. The third-order valence-electron chi connectivity index (χ3n) is 4.46. The van der Waals surface area contributed by atoms with Gasteiger partial charge >= 0.3 is 6.09 Å². The molecule has 32 heavy (non-hydrogen) atoms. The first kappa shape index (κ1) is 23.1. The van der Waals surface area contributed by atoms with Crippen molar-refractivity contribution >= 4 is 22.6 Å². The summed E-state index contributed by atoms with van der Waals surface area (Å²) >= 11 is 0. The van der Waals surface area contributed by atoms with Crippen molar-refractivity contribution in [2.24, 2.45) is 0 Å². The molecule has 0 spiro atoms. The van der Waals surface area contributed by atoms with Crippen molar-refractivity contribution in [3.8, 4) is 5.88 Å². The van der Waals surface area contributed by atoms with Gasteiger partial charge in [0.05, 0.1) is 12.2 Å². The summed E-state index contributed by atoms with van der Waals surface area (Å²) in [6, 6.07) is 8.46. The number of pyridine rings is 1. The zero-order valence-corrected chi connectivity index (χ0v) is 18.3. The van der Waals surface area contributed by atoms with Crippen LogP contribution in [-0.4, -0.2) is 29.1 Å². The van der Waals surface area contributed by atoms with E-state index in [0.29, 0.717) is 23.3 Å². The maximum atomic E-state index is 14.8. The molecule has 6 nitrogen and oxygen atoms in total. The molecule has 0 aliphatic carbocycles. The van der Waals surface area contributed by atoms with Gasteiger partial charge in [-0.15, -0.1) is 0 Å². The minimum atomic E-state index is -1.02. The van der Waals surface area contributed by atoms with Crippen LogP contribution in [0.15, 0.2) is 42.6 Å². The van der Waals surface area contributed by atoms with E-state index in [1.807, 2.05) is 0 Å². The highest BCUT2D eigenvalue weighted by Gasteiger charge is 2.23. The standard InChI is InChI=1S/C24H24F2N2O4/c1-5-31-22-17-8-6-7-16(15(17)9-10-27-22)21(29)20-18(25)11-14(12-19(20)26)13-28-23(30)32-24(2,3)4/h6-12H,5,13H2,1-4H3,(H,28,30). The van der Waals surface area contributed by atoms with E-state index in [1.54, 1.807) is 45.9 Å². The van der Waals surface area contributed by atoms with Crippen molar-refractivity contribution in [2.75, 3.05) is 6.61 Å². The van der Waals surface area contributed by atoms with Gasteiger partial charge in [-0.3, -0.25) is 4.79 Å². The molecule has 0 bridgehead atoms. The Labute approximate surface area is 184 Å². The van der Waals surface area contributed by atoms with Crippen LogP contribution in [0, 0.1) is 11.6 Å². The van der Waals surface area contributed by atoms with E-state index < -0.39 is 34.7 Å². The number of ether oxygens (including phenoxy) is 2. The highest BCUT2D eigenvalue weighted by Crippen LogP contribution is 2.29. The number of amides is 1. The molecular weight excluding hydrogens is 418 g/mol. The van der Waals surface area contributed by atoms with Gasteiger partial charge in [-0.25, -0.2) is 18.6 Å². The average Bonchev–Trinajstić information content (AvgIpc) is 2.70. The van der Waals surface area contributed by atoms with Gasteiger partial charge in [-0.1, -0.05) is 12.1 Å². The number of aromatic nitrogens is 1. The van der Waals surface area contributed by atoms with Gasteiger partial charge in [0, 0.05) is 23.7 Å². The lowest BCUT2D eigenvalue weighted by Gasteiger charge is -2.19. The molecular formula is C24H24F2N2O4. The number of alkyl carbamates (subject to hydrolysis) is 1. The van der Waals surface area contributed by atoms with Crippen LogP contribution in [0.3, 0.4) is 0 Å². The van der Waals surface area contributed by atoms with Crippen LogP contribution in [0.25, 0.3) is 10.8 Å². The highest BCUT2D eigenvalue weighted by atomic mass is 19.1. The van der Waals surface area contributed by atoms with E-state index in [1.165, 1.54) is 12.3 Å². The first-order valence-corrected chi connectivity index (χ1v) is 10.1. The number of benzene rings is 2. The molecule has 0 unspecified atom stereocenters. The molecule has 0 saturated heterocycles. The van der Waals surface area contributed by atoms with Crippen LogP contribution >= 0.6 is 0 Å². The number of hydrogen-bond acceptors (Lipinski definition) is 5. The minimum absolute atomic E-state index is 0.128. The Morgan fingerprint density at radius 1 is 1.06 bits per heavy atom. The smallest absolute Gasteiger partial charge is 0.407 e. The number of nitrogens with one attached hydrogen (secondary N) is 1. The van der Waals surface area contributed by atoms with E-state index in [9.17, 15) is 18.4 Å². The van der Waals surface area contributed by atoms with Gasteiger partial charge in [0.2, 0.25) is 5.88 Å². The zero-order chi connectivity index (χ0) is 23.5. The number of rotatable bonds is 6. The Morgan fingerprint density at radius 2 is 1.75 bits per heavy atom. The Hall–Kier alpha value is -3.55. The molecule has 0 atom stereocenters. The highest BCUT2D eigenvalue weighted by molar-refractivity contribution is 6.17. The Morgan fingerprint density at radius 3 is 2.38 bits per heavy atom. The number of hydrogen-bond donors (Lipinski definition) is 1. The lowest BCUT2D eigenvalue weighted by molar-refractivity contribution is 0.0523. The average molecular weight is 442 g/mol. The predicted octanol–water partition coefficient (Wildman–Crippen LogP) is 5.17. The van der Waals surface area contributed by atoms with Crippen LogP contribution in [-0.2, 0) is 11.3 Å². The summed E-state index contributed by atoms with van der Waals surface area (Å²) < 4.78 is 40.2. The van der Waals surface area contributed by atoms with E-state index in [-0.39, 0.29) is 17.7 Å². The maximum Gasteiger partial charge on any atom is 0.407 e. The van der Waals surface area contributed by atoms with Gasteiger partial charge in [-0.05, 0) is 62.9 Å². The SMILES string of the molecule is CCOc1nccc2c(C(=O)c3c(F)cc(CNC(=O)OC(C)(C)C)cc3F)cccc12. The lowest BCUT2D eigenvalue weighted by atomic mass is 9.96. The first-order valence-electron chi connectivity index (χ1n) is 10.1. The Bertz CT molecular complexity index is 1150. The molecule has 1 heterocycles. The molecule has 0 aliphatic rings. The topological polar surface area (TPSA) is 77.5 Å². The third-order valence-corrected chi connectivity index (χ3v) is 4.46. The van der Waals surface area contributed by atoms with E-state index in [0.717, 1.165) is 12.1 Å². The van der Waals surface area contributed by atoms with Crippen molar-refractivity contribution < 1.29 is 27.8 Å². The maximum absolute atomic E-state index is 14.8. The molecule has 3 aromatic rings. The normalized spacial score (nSPS) is 11.3. The molecule has 1 N–H and O–H groups in total. The third kappa shape index (κ3) is 5.19. The molecule has 0 fully saturated rings. The second-order valence-electron chi connectivity index (χ2n) is 8.07. The summed E-state index contributed by atoms with van der Waals surface area (Å²) in [5.41, 5.74) is -1.09. The summed E-state index contributed by atoms with van der Waals surface area (Å²) in [4.78, 5) is 29.0. The van der Waals surface area contributed by atoms with Crippen LogP contribution in [0.5, 0.6) is 5.88 Å². The number of ketones is 1. The molecule has 3 rings (SSSR count). The van der Waals surface area contributed by atoms with E-state index >= 15 is 0 Å². The van der Waals surface area contributed by atoms with Gasteiger partial charge in [0.25, 0.3) is 0 Å². The van der Waals surface area contributed by atoms with Gasteiger partial charge in [0.15, 0.2) is 5.78 Å². The number of fused-ring (bicyclic) bond motifs is 1. The number of halogens is 2.